The first kappa shape index (κ1) is 22.2. The molecule has 1 amide bonds. The predicted molar refractivity (Wildman–Crippen MR) is 137 cm³/mol. The number of aromatic nitrogens is 4. The molecule has 0 aliphatic carbocycles. The van der Waals surface area contributed by atoms with Gasteiger partial charge in [-0.15, -0.1) is 0 Å². The predicted octanol–water partition coefficient (Wildman–Crippen LogP) is 4.88. The first-order valence-electron chi connectivity index (χ1n) is 11.3. The fourth-order valence-electron chi connectivity index (χ4n) is 3.94. The molecule has 5 aromatic rings. The third-order valence-electron chi connectivity index (χ3n) is 5.82. The summed E-state index contributed by atoms with van der Waals surface area (Å²) < 4.78 is 0. The van der Waals surface area contributed by atoms with E-state index in [1.54, 1.807) is 6.20 Å². The molecular weight excluding hydrogens is 436 g/mol. The summed E-state index contributed by atoms with van der Waals surface area (Å²) in [7, 11) is 0. The van der Waals surface area contributed by atoms with E-state index in [1.165, 1.54) is 0 Å². The molecule has 3 heterocycles. The summed E-state index contributed by atoms with van der Waals surface area (Å²) in [5.41, 5.74) is 12.8. The Bertz CT molecular complexity index is 1550. The lowest BCUT2D eigenvalue weighted by molar-refractivity contribution is 0.0946. The van der Waals surface area contributed by atoms with Crippen molar-refractivity contribution >= 4 is 22.6 Å². The van der Waals surface area contributed by atoms with Gasteiger partial charge in [-0.05, 0) is 43.7 Å². The quantitative estimate of drug-likeness (QED) is 0.387. The third kappa shape index (κ3) is 4.56. The molecule has 0 aliphatic heterocycles. The zero-order valence-electron chi connectivity index (χ0n) is 19.5. The maximum absolute atomic E-state index is 13.1. The minimum Gasteiger partial charge on any atom is -0.382 e. The summed E-state index contributed by atoms with van der Waals surface area (Å²) in [5, 5.41) is 3.86. The first-order chi connectivity index (χ1) is 17.0. The Hall–Kier alpha value is -4.65. The van der Waals surface area contributed by atoms with Gasteiger partial charge in [0.25, 0.3) is 5.91 Å². The van der Waals surface area contributed by atoms with Gasteiger partial charge in [-0.1, -0.05) is 48.5 Å². The van der Waals surface area contributed by atoms with Crippen LogP contribution in [0, 0.1) is 13.8 Å². The maximum atomic E-state index is 13.1. The number of hydrogen-bond donors (Lipinski definition) is 2. The lowest BCUT2D eigenvalue weighted by atomic mass is 10.0. The number of nitrogens with zero attached hydrogens (tertiary/aromatic N) is 4. The minimum absolute atomic E-state index is 0.0708. The van der Waals surface area contributed by atoms with Crippen LogP contribution in [0.3, 0.4) is 0 Å². The number of nitrogens with two attached hydrogens (primary N) is 1. The average Bonchev–Trinajstić information content (AvgIpc) is 2.89. The zero-order chi connectivity index (χ0) is 24.4. The second-order valence-electron chi connectivity index (χ2n) is 8.33. The Morgan fingerprint density at radius 1 is 0.857 bits per heavy atom. The van der Waals surface area contributed by atoms with E-state index >= 15 is 0 Å². The summed E-state index contributed by atoms with van der Waals surface area (Å²) in [6.45, 7) is 4.15. The van der Waals surface area contributed by atoms with Crippen LogP contribution < -0.4 is 11.1 Å². The molecule has 2 aromatic carbocycles. The molecule has 7 nitrogen and oxygen atoms in total. The molecule has 0 aliphatic rings. The molecule has 0 saturated carbocycles. The summed E-state index contributed by atoms with van der Waals surface area (Å²) >= 11 is 0. The molecule has 0 bridgehead atoms. The van der Waals surface area contributed by atoms with Crippen molar-refractivity contribution in [1.29, 1.82) is 0 Å². The van der Waals surface area contributed by atoms with Crippen LogP contribution in [0.15, 0.2) is 79.0 Å². The number of nitrogens with one attached hydrogen (secondary N) is 1. The normalized spacial score (nSPS) is 10.9. The van der Waals surface area contributed by atoms with Gasteiger partial charge in [-0.3, -0.25) is 14.8 Å². The number of rotatable bonds is 5. The van der Waals surface area contributed by atoms with E-state index in [0.717, 1.165) is 39.0 Å². The van der Waals surface area contributed by atoms with Crippen LogP contribution in [0.4, 0.5) is 5.82 Å². The number of benzene rings is 2. The van der Waals surface area contributed by atoms with Crippen LogP contribution in [0.1, 0.15) is 27.4 Å². The highest BCUT2D eigenvalue weighted by Gasteiger charge is 2.20. The number of aryl methyl sites for hydroxylation is 2. The zero-order valence-corrected chi connectivity index (χ0v) is 19.5. The molecule has 0 spiro atoms. The number of hydrogen-bond acceptors (Lipinski definition) is 6. The van der Waals surface area contributed by atoms with Gasteiger partial charge in [0.1, 0.15) is 0 Å². The molecule has 3 N–H and O–H groups in total. The Kier molecular flexibility index (Phi) is 5.89. The van der Waals surface area contributed by atoms with Gasteiger partial charge in [0.05, 0.1) is 29.1 Å². The summed E-state index contributed by atoms with van der Waals surface area (Å²) in [6, 6.07) is 23.4. The molecule has 0 saturated heterocycles. The Balaban J connectivity index is 1.57. The van der Waals surface area contributed by atoms with Crippen LogP contribution in [-0.2, 0) is 6.54 Å². The van der Waals surface area contributed by atoms with Crippen LogP contribution in [0.2, 0.25) is 0 Å². The first-order valence-corrected chi connectivity index (χ1v) is 11.3. The molecule has 35 heavy (non-hydrogen) atoms. The molecule has 3 aromatic heterocycles. The van der Waals surface area contributed by atoms with E-state index in [-0.39, 0.29) is 18.1 Å². The van der Waals surface area contributed by atoms with Gasteiger partial charge in [0.15, 0.2) is 11.5 Å². The molecule has 0 radical (unpaired) electrons. The van der Waals surface area contributed by atoms with E-state index in [0.29, 0.717) is 11.4 Å². The number of carbonyl (C=O) groups is 1. The van der Waals surface area contributed by atoms with Gasteiger partial charge in [-0.25, -0.2) is 9.97 Å². The molecular formula is C28H24N6O. The van der Waals surface area contributed by atoms with Crippen molar-refractivity contribution in [3.8, 4) is 22.5 Å². The standard InChI is InChI=1S/C28H24N6O/c1-17-10-11-18(2)32-23(17)16-31-28(35)26-27(29)34-24(19-7-4-3-5-8-19)25(33-26)21-12-13-22-20(15-21)9-6-14-30-22/h3-15H,16H2,1-2H3,(H2,29,34)(H,31,35). The van der Waals surface area contributed by atoms with Crippen molar-refractivity contribution in [2.75, 3.05) is 5.73 Å². The second-order valence-corrected chi connectivity index (χ2v) is 8.33. The van der Waals surface area contributed by atoms with Crippen molar-refractivity contribution < 1.29 is 4.79 Å². The van der Waals surface area contributed by atoms with E-state index in [2.05, 4.69) is 20.3 Å². The van der Waals surface area contributed by atoms with Gasteiger partial charge in [0, 0.05) is 28.4 Å². The van der Waals surface area contributed by atoms with Crippen LogP contribution >= 0.6 is 0 Å². The number of pyridine rings is 2. The molecule has 5 rings (SSSR count). The number of anilines is 1. The minimum atomic E-state index is -0.402. The number of carbonyl (C=O) groups excluding carboxylic acids is 1. The maximum Gasteiger partial charge on any atom is 0.274 e. The van der Waals surface area contributed by atoms with Gasteiger partial charge in [0.2, 0.25) is 0 Å². The van der Waals surface area contributed by atoms with Crippen LogP contribution in [0.25, 0.3) is 33.4 Å². The lowest BCUT2D eigenvalue weighted by Gasteiger charge is -2.14. The number of fused-ring (bicyclic) bond motifs is 1. The highest BCUT2D eigenvalue weighted by atomic mass is 16.1. The van der Waals surface area contributed by atoms with Crippen LogP contribution in [-0.4, -0.2) is 25.8 Å². The third-order valence-corrected chi connectivity index (χ3v) is 5.82. The fraction of sp³-hybridized carbons (Fsp3) is 0.107. The number of nitrogen functional groups attached to an aromatic ring is 1. The molecule has 0 atom stereocenters. The smallest absolute Gasteiger partial charge is 0.274 e. The van der Waals surface area contributed by atoms with Crippen molar-refractivity contribution in [1.82, 2.24) is 25.3 Å². The van der Waals surface area contributed by atoms with E-state index in [1.807, 2.05) is 86.6 Å². The topological polar surface area (TPSA) is 107 Å². The van der Waals surface area contributed by atoms with E-state index < -0.39 is 5.91 Å². The van der Waals surface area contributed by atoms with Crippen molar-refractivity contribution in [3.05, 3.63) is 102 Å². The average molecular weight is 461 g/mol. The van der Waals surface area contributed by atoms with Crippen molar-refractivity contribution in [3.63, 3.8) is 0 Å². The summed E-state index contributed by atoms with van der Waals surface area (Å²) in [5.74, 6) is -0.331. The van der Waals surface area contributed by atoms with E-state index in [9.17, 15) is 4.79 Å². The molecule has 172 valence electrons. The van der Waals surface area contributed by atoms with Gasteiger partial charge in [-0.2, -0.15) is 0 Å². The monoisotopic (exact) mass is 460 g/mol. The van der Waals surface area contributed by atoms with Crippen LogP contribution in [0.5, 0.6) is 0 Å². The Morgan fingerprint density at radius 2 is 1.66 bits per heavy atom. The SMILES string of the molecule is Cc1ccc(C)c(CNC(=O)c2nc(-c3ccc4ncccc4c3)c(-c3ccccc3)nc2N)n1. The van der Waals surface area contributed by atoms with Crippen molar-refractivity contribution in [2.45, 2.75) is 20.4 Å². The van der Waals surface area contributed by atoms with Gasteiger partial charge >= 0.3 is 0 Å². The van der Waals surface area contributed by atoms with Crippen molar-refractivity contribution in [2.24, 2.45) is 0 Å². The molecule has 0 unspecified atom stereocenters. The molecule has 7 heteroatoms. The Morgan fingerprint density at radius 3 is 2.49 bits per heavy atom. The summed E-state index contributed by atoms with van der Waals surface area (Å²) in [6.07, 6.45) is 1.76. The highest BCUT2D eigenvalue weighted by Crippen LogP contribution is 2.32. The molecule has 0 fully saturated rings. The Labute approximate surface area is 203 Å². The highest BCUT2D eigenvalue weighted by molar-refractivity contribution is 5.98. The second kappa shape index (κ2) is 9.30. The largest absolute Gasteiger partial charge is 0.382 e. The lowest BCUT2D eigenvalue weighted by Crippen LogP contribution is -2.26. The summed E-state index contributed by atoms with van der Waals surface area (Å²) in [4.78, 5) is 31.4. The fourth-order valence-corrected chi connectivity index (χ4v) is 3.94. The number of amides is 1. The van der Waals surface area contributed by atoms with E-state index in [4.69, 9.17) is 10.7 Å². The van der Waals surface area contributed by atoms with Gasteiger partial charge < -0.3 is 11.1 Å².